The lowest BCUT2D eigenvalue weighted by atomic mass is 9.95. The third-order valence-electron chi connectivity index (χ3n) is 6.52. The molecule has 6 unspecified atom stereocenters. The van der Waals surface area contributed by atoms with Crippen molar-refractivity contribution in [2.24, 2.45) is 0 Å². The number of carbonyl (C=O) groups excluding carboxylic acids is 2. The average Bonchev–Trinajstić information content (AvgIpc) is 3.51. The first-order valence-corrected chi connectivity index (χ1v) is 13.0. The Balaban J connectivity index is 1.41. The van der Waals surface area contributed by atoms with E-state index in [1.807, 2.05) is 6.07 Å². The number of carboxylic acid groups (broad SMARTS) is 1. The minimum absolute atomic E-state index is 0.0583. The Labute approximate surface area is 235 Å². The Morgan fingerprint density at radius 2 is 1.80 bits per heavy atom. The molecule has 2 aliphatic rings. The molecule has 0 spiro atoms. The molecule has 5 rings (SSSR count). The van der Waals surface area contributed by atoms with Crippen molar-refractivity contribution in [1.29, 1.82) is 0 Å². The van der Waals surface area contributed by atoms with Gasteiger partial charge >= 0.3 is 5.97 Å². The van der Waals surface area contributed by atoms with Gasteiger partial charge in [-0.2, -0.15) is 0 Å². The van der Waals surface area contributed by atoms with Crippen LogP contribution in [-0.2, 0) is 28.5 Å². The molecule has 2 N–H and O–H groups in total. The number of hydrogen-bond donors (Lipinski definition) is 2. The summed E-state index contributed by atoms with van der Waals surface area (Å²) in [5, 5.41) is 12.1. The predicted molar refractivity (Wildman–Crippen MR) is 143 cm³/mol. The van der Waals surface area contributed by atoms with Crippen molar-refractivity contribution in [2.45, 2.75) is 43.9 Å². The number of hydrogen-bond acceptors (Lipinski definition) is 9. The van der Waals surface area contributed by atoms with E-state index >= 15 is 0 Å². The Bertz CT molecular complexity index is 1370. The van der Waals surface area contributed by atoms with Gasteiger partial charge in [0.2, 0.25) is 18.5 Å². The second kappa shape index (κ2) is 12.9. The maximum absolute atomic E-state index is 12.6. The molecule has 41 heavy (non-hydrogen) atoms. The molecule has 2 saturated heterocycles. The fraction of sp³-hybridized carbons (Fsp3) is 0.300. The average molecular weight is 564 g/mol. The van der Waals surface area contributed by atoms with Gasteiger partial charge in [-0.25, -0.2) is 4.79 Å². The number of ketones is 1. The van der Waals surface area contributed by atoms with Crippen LogP contribution in [0, 0.1) is 0 Å². The standard InChI is InChI=1S/C30H29NO10/c1-18(32)31-26-28(37-17-25(34)35)27-24(16-38-29(41-27)23-12-7-15-36-23)40-30(26)39-22-11-6-5-10-20(22)13-14-21(33)19-8-3-2-4-9-19/h2-15,24,26-30H,16-17H2,1H3,(H,31,32)(H,34,35)/b14-13+. The largest absolute Gasteiger partial charge is 0.480 e. The number of carbonyl (C=O) groups is 3. The summed E-state index contributed by atoms with van der Waals surface area (Å²) in [6, 6.07) is 18.3. The minimum atomic E-state index is -1.19. The number of ether oxygens (including phenoxy) is 5. The zero-order valence-corrected chi connectivity index (χ0v) is 22.1. The van der Waals surface area contributed by atoms with Crippen molar-refractivity contribution in [3.63, 3.8) is 0 Å². The fourth-order valence-corrected chi connectivity index (χ4v) is 4.71. The monoisotopic (exact) mass is 563 g/mol. The predicted octanol–water partition coefficient (Wildman–Crippen LogP) is 3.37. The number of benzene rings is 2. The van der Waals surface area contributed by atoms with E-state index in [2.05, 4.69) is 5.32 Å². The first-order chi connectivity index (χ1) is 19.9. The topological polar surface area (TPSA) is 143 Å². The molecular weight excluding hydrogens is 534 g/mol. The number of allylic oxidation sites excluding steroid dienone is 1. The third-order valence-corrected chi connectivity index (χ3v) is 6.52. The van der Waals surface area contributed by atoms with E-state index in [-0.39, 0.29) is 12.4 Å². The Kier molecular flexibility index (Phi) is 8.90. The van der Waals surface area contributed by atoms with Crippen LogP contribution in [0.15, 0.2) is 83.5 Å². The highest BCUT2D eigenvalue weighted by atomic mass is 16.8. The summed E-state index contributed by atoms with van der Waals surface area (Å²) in [4.78, 5) is 36.3. The fourth-order valence-electron chi connectivity index (χ4n) is 4.71. The smallest absolute Gasteiger partial charge is 0.329 e. The molecule has 2 fully saturated rings. The number of carboxylic acids is 1. The molecule has 0 aliphatic carbocycles. The molecule has 0 radical (unpaired) electrons. The molecule has 1 aromatic heterocycles. The number of para-hydroxylation sites is 1. The Morgan fingerprint density at radius 1 is 1.02 bits per heavy atom. The van der Waals surface area contributed by atoms with E-state index in [0.29, 0.717) is 22.6 Å². The summed E-state index contributed by atoms with van der Waals surface area (Å²) >= 11 is 0. The zero-order chi connectivity index (χ0) is 28.8. The van der Waals surface area contributed by atoms with Crippen LogP contribution >= 0.6 is 0 Å². The second-order valence-corrected chi connectivity index (χ2v) is 9.44. The maximum Gasteiger partial charge on any atom is 0.329 e. The normalized spacial score (nSPS) is 25.8. The van der Waals surface area contributed by atoms with Crippen LogP contribution in [0.5, 0.6) is 5.75 Å². The van der Waals surface area contributed by atoms with E-state index in [1.54, 1.807) is 66.7 Å². The zero-order valence-electron chi connectivity index (χ0n) is 22.1. The molecule has 2 aliphatic heterocycles. The summed E-state index contributed by atoms with van der Waals surface area (Å²) in [6.07, 6.45) is 0.0147. The van der Waals surface area contributed by atoms with Gasteiger partial charge in [0.25, 0.3) is 0 Å². The maximum atomic E-state index is 12.6. The molecular formula is C30H29NO10. The van der Waals surface area contributed by atoms with Gasteiger partial charge in [0.1, 0.15) is 36.7 Å². The number of amides is 1. The van der Waals surface area contributed by atoms with Crippen molar-refractivity contribution in [2.75, 3.05) is 13.2 Å². The number of nitrogens with one attached hydrogen (secondary N) is 1. The van der Waals surface area contributed by atoms with E-state index < -0.39 is 55.4 Å². The molecule has 1 amide bonds. The molecule has 11 nitrogen and oxygen atoms in total. The van der Waals surface area contributed by atoms with Gasteiger partial charge in [0.05, 0.1) is 12.9 Å². The van der Waals surface area contributed by atoms with Gasteiger partial charge in [0.15, 0.2) is 11.5 Å². The Hall–Kier alpha value is -4.29. The number of fused-ring (bicyclic) bond motifs is 1. The summed E-state index contributed by atoms with van der Waals surface area (Å²) in [7, 11) is 0. The lowest BCUT2D eigenvalue weighted by molar-refractivity contribution is -0.340. The first-order valence-electron chi connectivity index (χ1n) is 13.0. The lowest BCUT2D eigenvalue weighted by Crippen LogP contribution is -2.68. The van der Waals surface area contributed by atoms with Crippen LogP contribution in [0.25, 0.3) is 6.08 Å². The number of aliphatic carboxylic acids is 1. The molecule has 0 saturated carbocycles. The molecule has 11 heteroatoms. The van der Waals surface area contributed by atoms with Crippen LogP contribution in [-0.4, -0.2) is 66.6 Å². The molecule has 214 valence electrons. The van der Waals surface area contributed by atoms with Crippen molar-refractivity contribution in [3.05, 3.63) is 96.0 Å². The SMILES string of the molecule is CC(=O)NC1C(Oc2ccccc2/C=C/C(=O)c2ccccc2)OC2COC(c3ccco3)OC2C1OCC(=O)O. The molecule has 2 aromatic carbocycles. The van der Waals surface area contributed by atoms with Crippen LogP contribution < -0.4 is 10.1 Å². The van der Waals surface area contributed by atoms with Gasteiger partial charge < -0.3 is 38.5 Å². The van der Waals surface area contributed by atoms with E-state index in [0.717, 1.165) is 0 Å². The van der Waals surface area contributed by atoms with Crippen LogP contribution in [0.1, 0.15) is 34.9 Å². The summed E-state index contributed by atoms with van der Waals surface area (Å²) in [5.41, 5.74) is 1.12. The Morgan fingerprint density at radius 3 is 2.54 bits per heavy atom. The van der Waals surface area contributed by atoms with Crippen LogP contribution in [0.4, 0.5) is 0 Å². The van der Waals surface area contributed by atoms with Gasteiger partial charge in [-0.05, 0) is 30.4 Å². The molecule has 0 bridgehead atoms. The minimum Gasteiger partial charge on any atom is -0.480 e. The van der Waals surface area contributed by atoms with E-state index in [4.69, 9.17) is 28.1 Å². The van der Waals surface area contributed by atoms with E-state index in [1.165, 1.54) is 19.3 Å². The summed E-state index contributed by atoms with van der Waals surface area (Å²) < 4.78 is 35.6. The van der Waals surface area contributed by atoms with Crippen molar-refractivity contribution in [1.82, 2.24) is 5.32 Å². The van der Waals surface area contributed by atoms with Crippen LogP contribution in [0.2, 0.25) is 0 Å². The van der Waals surface area contributed by atoms with Gasteiger partial charge in [0, 0.05) is 18.1 Å². The highest BCUT2D eigenvalue weighted by Crippen LogP contribution is 2.36. The lowest BCUT2D eigenvalue weighted by Gasteiger charge is -2.48. The second-order valence-electron chi connectivity index (χ2n) is 9.44. The quantitative estimate of drug-likeness (QED) is 0.278. The first kappa shape index (κ1) is 28.2. The van der Waals surface area contributed by atoms with Gasteiger partial charge in [-0.3, -0.25) is 9.59 Å². The van der Waals surface area contributed by atoms with Crippen molar-refractivity contribution in [3.8, 4) is 5.75 Å². The highest BCUT2D eigenvalue weighted by Gasteiger charge is 2.52. The number of furan rings is 1. The van der Waals surface area contributed by atoms with Crippen molar-refractivity contribution >= 4 is 23.7 Å². The van der Waals surface area contributed by atoms with Gasteiger partial charge in [-0.15, -0.1) is 0 Å². The van der Waals surface area contributed by atoms with Crippen LogP contribution in [0.3, 0.4) is 0 Å². The summed E-state index contributed by atoms with van der Waals surface area (Å²) in [5.74, 6) is -1.00. The third kappa shape index (κ3) is 6.90. The number of rotatable bonds is 10. The molecule has 3 heterocycles. The molecule has 3 aromatic rings. The van der Waals surface area contributed by atoms with Gasteiger partial charge in [-0.1, -0.05) is 48.5 Å². The molecule has 6 atom stereocenters. The highest BCUT2D eigenvalue weighted by molar-refractivity contribution is 6.06. The van der Waals surface area contributed by atoms with Crippen molar-refractivity contribution < 1.29 is 47.6 Å². The summed E-state index contributed by atoms with van der Waals surface area (Å²) in [6.45, 7) is 0.732. The van der Waals surface area contributed by atoms with E-state index in [9.17, 15) is 19.5 Å².